The van der Waals surface area contributed by atoms with Gasteiger partial charge in [-0.1, -0.05) is 26.0 Å². The van der Waals surface area contributed by atoms with Gasteiger partial charge >= 0.3 is 0 Å². The van der Waals surface area contributed by atoms with Crippen LogP contribution in [0.1, 0.15) is 32.3 Å². The third-order valence-corrected chi connectivity index (χ3v) is 3.87. The first-order valence-corrected chi connectivity index (χ1v) is 8.66. The molecule has 24 heavy (non-hydrogen) atoms. The van der Waals surface area contributed by atoms with Crippen molar-refractivity contribution in [3.63, 3.8) is 0 Å². The molecule has 132 valence electrons. The standard InChI is InChI=1S/C19H29N3O2/c1-16(2)8-13-24-19-17(6-4-7-18(19)23-3)14-20-9-5-11-22-12-10-21-15-22/h4,6-7,10,12,15-16,20H,5,8-9,11,13-14H2,1-3H3. The minimum Gasteiger partial charge on any atom is -0.493 e. The van der Waals surface area contributed by atoms with Gasteiger partial charge in [0.2, 0.25) is 0 Å². The van der Waals surface area contributed by atoms with Crippen molar-refractivity contribution < 1.29 is 9.47 Å². The molecule has 0 amide bonds. The zero-order valence-electron chi connectivity index (χ0n) is 15.0. The van der Waals surface area contributed by atoms with Gasteiger partial charge in [0.15, 0.2) is 11.5 Å². The number of para-hydroxylation sites is 1. The van der Waals surface area contributed by atoms with E-state index < -0.39 is 0 Å². The quantitative estimate of drug-likeness (QED) is 0.640. The summed E-state index contributed by atoms with van der Waals surface area (Å²) in [7, 11) is 1.69. The van der Waals surface area contributed by atoms with Gasteiger partial charge in [-0.2, -0.15) is 0 Å². The SMILES string of the molecule is COc1cccc(CNCCCn2ccnc2)c1OCCC(C)C. The van der Waals surface area contributed by atoms with Crippen LogP contribution in [-0.4, -0.2) is 29.8 Å². The molecule has 0 spiro atoms. The lowest BCUT2D eigenvalue weighted by atomic mass is 10.1. The molecule has 0 bridgehead atoms. The van der Waals surface area contributed by atoms with Crippen LogP contribution in [0.4, 0.5) is 0 Å². The number of nitrogens with zero attached hydrogens (tertiary/aromatic N) is 2. The van der Waals surface area contributed by atoms with Crippen LogP contribution in [0.25, 0.3) is 0 Å². The van der Waals surface area contributed by atoms with Gasteiger partial charge < -0.3 is 19.4 Å². The number of rotatable bonds is 11. The van der Waals surface area contributed by atoms with Gasteiger partial charge in [0, 0.05) is 31.0 Å². The smallest absolute Gasteiger partial charge is 0.165 e. The van der Waals surface area contributed by atoms with Crippen molar-refractivity contribution in [1.82, 2.24) is 14.9 Å². The van der Waals surface area contributed by atoms with E-state index in [4.69, 9.17) is 9.47 Å². The number of hydrogen-bond donors (Lipinski definition) is 1. The molecule has 0 saturated heterocycles. The number of benzene rings is 1. The Labute approximate surface area is 145 Å². The average molecular weight is 331 g/mol. The van der Waals surface area contributed by atoms with E-state index >= 15 is 0 Å². The second-order valence-electron chi connectivity index (χ2n) is 6.31. The lowest BCUT2D eigenvalue weighted by Gasteiger charge is -2.16. The Morgan fingerprint density at radius 2 is 2.17 bits per heavy atom. The summed E-state index contributed by atoms with van der Waals surface area (Å²) in [4.78, 5) is 4.05. The molecule has 0 aliphatic carbocycles. The molecule has 0 radical (unpaired) electrons. The van der Waals surface area contributed by atoms with Gasteiger partial charge in [-0.15, -0.1) is 0 Å². The largest absolute Gasteiger partial charge is 0.493 e. The topological polar surface area (TPSA) is 48.3 Å². The molecule has 0 atom stereocenters. The maximum Gasteiger partial charge on any atom is 0.165 e. The van der Waals surface area contributed by atoms with E-state index in [1.807, 2.05) is 30.9 Å². The average Bonchev–Trinajstić information content (AvgIpc) is 3.08. The highest BCUT2D eigenvalue weighted by Gasteiger charge is 2.10. The Morgan fingerprint density at radius 3 is 2.88 bits per heavy atom. The summed E-state index contributed by atoms with van der Waals surface area (Å²) >= 11 is 0. The van der Waals surface area contributed by atoms with Gasteiger partial charge in [0.1, 0.15) is 0 Å². The fraction of sp³-hybridized carbons (Fsp3) is 0.526. The van der Waals surface area contributed by atoms with Crippen LogP contribution in [0.15, 0.2) is 36.9 Å². The molecule has 0 aliphatic heterocycles. The molecule has 0 saturated carbocycles. The minimum atomic E-state index is 0.629. The summed E-state index contributed by atoms with van der Waals surface area (Å²) < 4.78 is 13.6. The number of aromatic nitrogens is 2. The predicted molar refractivity (Wildman–Crippen MR) is 96.5 cm³/mol. The van der Waals surface area contributed by atoms with Crippen LogP contribution < -0.4 is 14.8 Å². The summed E-state index contributed by atoms with van der Waals surface area (Å²) in [5.41, 5.74) is 1.14. The van der Waals surface area contributed by atoms with Gasteiger partial charge in [-0.25, -0.2) is 4.98 Å². The fourth-order valence-electron chi connectivity index (χ4n) is 2.45. The van der Waals surface area contributed by atoms with Crippen molar-refractivity contribution in [1.29, 1.82) is 0 Å². The lowest BCUT2D eigenvalue weighted by molar-refractivity contribution is 0.269. The Balaban J connectivity index is 1.83. The molecule has 5 heteroatoms. The Morgan fingerprint density at radius 1 is 1.29 bits per heavy atom. The molecule has 1 N–H and O–H groups in total. The molecule has 0 fully saturated rings. The van der Waals surface area contributed by atoms with Gasteiger partial charge in [0.25, 0.3) is 0 Å². The summed E-state index contributed by atoms with van der Waals surface area (Å²) in [6, 6.07) is 6.06. The number of aryl methyl sites for hydroxylation is 1. The van der Waals surface area contributed by atoms with E-state index in [9.17, 15) is 0 Å². The Hall–Kier alpha value is -2.01. The van der Waals surface area contributed by atoms with Gasteiger partial charge in [-0.05, 0) is 31.4 Å². The maximum absolute atomic E-state index is 6.01. The van der Waals surface area contributed by atoms with Crippen molar-refractivity contribution in [3.8, 4) is 11.5 Å². The van der Waals surface area contributed by atoms with Crippen molar-refractivity contribution >= 4 is 0 Å². The highest BCUT2D eigenvalue weighted by molar-refractivity contribution is 5.46. The normalized spacial score (nSPS) is 11.0. The monoisotopic (exact) mass is 331 g/mol. The van der Waals surface area contributed by atoms with E-state index in [0.29, 0.717) is 12.5 Å². The Bertz CT molecular complexity index is 582. The third kappa shape index (κ3) is 5.89. The molecular weight excluding hydrogens is 302 g/mol. The first-order valence-electron chi connectivity index (χ1n) is 8.66. The summed E-state index contributed by atoms with van der Waals surface area (Å²) in [6.07, 6.45) is 7.75. The fourth-order valence-corrected chi connectivity index (χ4v) is 2.45. The highest BCUT2D eigenvalue weighted by atomic mass is 16.5. The van der Waals surface area contributed by atoms with E-state index in [0.717, 1.165) is 49.5 Å². The van der Waals surface area contributed by atoms with Crippen LogP contribution in [0.2, 0.25) is 0 Å². The third-order valence-electron chi connectivity index (χ3n) is 3.87. The molecule has 2 aromatic rings. The molecule has 0 aliphatic rings. The van der Waals surface area contributed by atoms with Crippen molar-refractivity contribution in [2.75, 3.05) is 20.3 Å². The molecule has 1 aromatic carbocycles. The van der Waals surface area contributed by atoms with E-state index in [2.05, 4.69) is 34.8 Å². The molecule has 1 heterocycles. The van der Waals surface area contributed by atoms with Crippen LogP contribution in [0.5, 0.6) is 11.5 Å². The zero-order chi connectivity index (χ0) is 17.2. The zero-order valence-corrected chi connectivity index (χ0v) is 15.0. The summed E-state index contributed by atoms with van der Waals surface area (Å²) in [5.74, 6) is 2.30. The predicted octanol–water partition coefficient (Wildman–Crippen LogP) is 3.50. The lowest BCUT2D eigenvalue weighted by Crippen LogP contribution is -2.17. The van der Waals surface area contributed by atoms with Crippen molar-refractivity contribution in [2.45, 2.75) is 39.8 Å². The number of nitrogens with one attached hydrogen (secondary N) is 1. The number of ether oxygens (including phenoxy) is 2. The number of hydrogen-bond acceptors (Lipinski definition) is 4. The van der Waals surface area contributed by atoms with Crippen LogP contribution in [-0.2, 0) is 13.1 Å². The van der Waals surface area contributed by atoms with Crippen LogP contribution >= 0.6 is 0 Å². The van der Waals surface area contributed by atoms with E-state index in [-0.39, 0.29) is 0 Å². The minimum absolute atomic E-state index is 0.629. The second kappa shape index (κ2) is 9.98. The number of methoxy groups -OCH3 is 1. The second-order valence-corrected chi connectivity index (χ2v) is 6.31. The number of imidazole rings is 1. The van der Waals surface area contributed by atoms with Crippen LogP contribution in [0.3, 0.4) is 0 Å². The van der Waals surface area contributed by atoms with Gasteiger partial charge in [0.05, 0.1) is 20.0 Å². The first kappa shape index (κ1) is 18.3. The molecule has 5 nitrogen and oxygen atoms in total. The molecule has 2 rings (SSSR count). The van der Waals surface area contributed by atoms with Gasteiger partial charge in [-0.3, -0.25) is 0 Å². The molecule has 1 aromatic heterocycles. The first-order chi connectivity index (χ1) is 11.7. The van der Waals surface area contributed by atoms with Crippen LogP contribution in [0, 0.1) is 5.92 Å². The highest BCUT2D eigenvalue weighted by Crippen LogP contribution is 2.31. The van der Waals surface area contributed by atoms with Crippen molar-refractivity contribution in [3.05, 3.63) is 42.5 Å². The molecular formula is C19H29N3O2. The Kier molecular flexibility index (Phi) is 7.62. The maximum atomic E-state index is 6.01. The molecule has 0 unspecified atom stereocenters. The summed E-state index contributed by atoms with van der Waals surface area (Å²) in [5, 5.41) is 3.49. The van der Waals surface area contributed by atoms with E-state index in [1.165, 1.54) is 0 Å². The summed E-state index contributed by atoms with van der Waals surface area (Å²) in [6.45, 7) is 7.82. The van der Waals surface area contributed by atoms with E-state index in [1.54, 1.807) is 7.11 Å². The van der Waals surface area contributed by atoms with Crippen molar-refractivity contribution in [2.24, 2.45) is 5.92 Å².